The molecular weight excluding hydrogens is 238 g/mol. The molecule has 0 atom stereocenters. The normalized spacial score (nSPS) is 9.54. The summed E-state index contributed by atoms with van der Waals surface area (Å²) in [5, 5.41) is 0. The Morgan fingerprint density at radius 1 is 1.08 bits per heavy atom. The van der Waals surface area contributed by atoms with Crippen LogP contribution >= 0.6 is 15.9 Å². The van der Waals surface area contributed by atoms with E-state index in [1.165, 1.54) is 21.3 Å². The van der Waals surface area contributed by atoms with Gasteiger partial charge in [0.2, 0.25) is 5.75 Å². The van der Waals surface area contributed by atoms with Crippen molar-refractivity contribution in [3.05, 3.63) is 10.7 Å². The molecule has 1 aromatic heterocycles. The van der Waals surface area contributed by atoms with Gasteiger partial charge in [0, 0.05) is 0 Å². The summed E-state index contributed by atoms with van der Waals surface area (Å²) in [5.74, 6) is 1.33. The standard InChI is InChI=1S/C8H9BrNO3/c1-11-6-5(9)4-10-8(13-3)7(6)12-2/h1-3H3. The maximum Gasteiger partial charge on any atom is 0.261 e. The van der Waals surface area contributed by atoms with Crippen LogP contribution in [0.5, 0.6) is 17.4 Å². The van der Waals surface area contributed by atoms with Gasteiger partial charge in [-0.3, -0.25) is 0 Å². The van der Waals surface area contributed by atoms with Gasteiger partial charge >= 0.3 is 0 Å². The molecule has 0 N–H and O–H groups in total. The lowest BCUT2D eigenvalue weighted by molar-refractivity contribution is 0.314. The zero-order chi connectivity index (χ0) is 9.84. The van der Waals surface area contributed by atoms with E-state index in [0.717, 1.165) is 0 Å². The van der Waals surface area contributed by atoms with Crippen molar-refractivity contribution >= 4 is 15.9 Å². The Kier molecular flexibility index (Phi) is 3.36. The van der Waals surface area contributed by atoms with Crippen molar-refractivity contribution < 1.29 is 14.2 Å². The van der Waals surface area contributed by atoms with Crippen LogP contribution in [0.1, 0.15) is 0 Å². The molecular formula is C8H9BrNO3. The fraction of sp³-hybridized carbons (Fsp3) is 0.375. The molecule has 1 radical (unpaired) electrons. The number of methoxy groups -OCH3 is 3. The molecule has 1 heterocycles. The van der Waals surface area contributed by atoms with Crippen LogP contribution in [0.2, 0.25) is 0 Å². The van der Waals surface area contributed by atoms with Crippen LogP contribution in [-0.2, 0) is 0 Å². The Hall–Kier alpha value is -0.970. The van der Waals surface area contributed by atoms with Crippen LogP contribution in [0.15, 0.2) is 4.47 Å². The van der Waals surface area contributed by atoms with Gasteiger partial charge in [-0.1, -0.05) is 0 Å². The number of pyridine rings is 1. The summed E-state index contributed by atoms with van der Waals surface area (Å²) in [5.41, 5.74) is 0. The van der Waals surface area contributed by atoms with Gasteiger partial charge in [0.25, 0.3) is 5.88 Å². The van der Waals surface area contributed by atoms with E-state index in [0.29, 0.717) is 21.9 Å². The van der Waals surface area contributed by atoms with Crippen molar-refractivity contribution in [1.82, 2.24) is 4.98 Å². The van der Waals surface area contributed by atoms with E-state index in [1.54, 1.807) is 0 Å². The molecule has 0 aliphatic heterocycles. The van der Waals surface area contributed by atoms with Gasteiger partial charge in [0.1, 0.15) is 6.20 Å². The van der Waals surface area contributed by atoms with Gasteiger partial charge in [-0.2, -0.15) is 0 Å². The van der Waals surface area contributed by atoms with E-state index in [9.17, 15) is 0 Å². The van der Waals surface area contributed by atoms with Crippen LogP contribution in [0.4, 0.5) is 0 Å². The van der Waals surface area contributed by atoms with Crippen molar-refractivity contribution in [2.45, 2.75) is 0 Å². The fourth-order valence-electron chi connectivity index (χ4n) is 0.899. The van der Waals surface area contributed by atoms with Gasteiger partial charge in [-0.15, -0.1) is 0 Å². The van der Waals surface area contributed by atoms with Gasteiger partial charge in [-0.05, 0) is 15.9 Å². The summed E-state index contributed by atoms with van der Waals surface area (Å²) < 4.78 is 15.7. The lowest BCUT2D eigenvalue weighted by Gasteiger charge is -2.10. The van der Waals surface area contributed by atoms with Crippen molar-refractivity contribution in [3.8, 4) is 17.4 Å². The third-order valence-electron chi connectivity index (χ3n) is 1.46. The predicted molar refractivity (Wildman–Crippen MR) is 50.4 cm³/mol. The average Bonchev–Trinajstić information content (AvgIpc) is 2.17. The maximum absolute atomic E-state index is 5.09. The van der Waals surface area contributed by atoms with Crippen LogP contribution < -0.4 is 14.2 Å². The number of ether oxygens (including phenoxy) is 3. The summed E-state index contributed by atoms with van der Waals surface area (Å²) in [4.78, 5) is 3.88. The molecule has 0 saturated carbocycles. The molecule has 0 unspecified atom stereocenters. The van der Waals surface area contributed by atoms with E-state index < -0.39 is 0 Å². The molecule has 0 amide bonds. The summed E-state index contributed by atoms with van der Waals surface area (Å²) in [7, 11) is 4.57. The van der Waals surface area contributed by atoms with Crippen molar-refractivity contribution in [2.75, 3.05) is 21.3 Å². The SMILES string of the molecule is COc1n[c]c(Br)c(OC)c1OC. The predicted octanol–water partition coefficient (Wildman–Crippen LogP) is 1.67. The zero-order valence-electron chi connectivity index (χ0n) is 7.55. The summed E-state index contributed by atoms with van der Waals surface area (Å²) in [6.45, 7) is 0. The third-order valence-corrected chi connectivity index (χ3v) is 1.99. The average molecular weight is 247 g/mol. The first-order valence-corrected chi connectivity index (χ1v) is 4.27. The first kappa shape index (κ1) is 10.1. The second-order valence-corrected chi connectivity index (χ2v) is 2.91. The number of hydrogen-bond donors (Lipinski definition) is 0. The lowest BCUT2D eigenvalue weighted by atomic mass is 10.4. The molecule has 0 spiro atoms. The number of hydrogen-bond acceptors (Lipinski definition) is 4. The first-order valence-electron chi connectivity index (χ1n) is 3.47. The minimum absolute atomic E-state index is 0.350. The number of rotatable bonds is 3. The molecule has 0 fully saturated rings. The Bertz CT molecular complexity index is 304. The Morgan fingerprint density at radius 2 is 1.69 bits per heavy atom. The quantitative estimate of drug-likeness (QED) is 0.814. The van der Waals surface area contributed by atoms with E-state index in [4.69, 9.17) is 14.2 Å². The molecule has 4 nitrogen and oxygen atoms in total. The maximum atomic E-state index is 5.09. The molecule has 0 saturated heterocycles. The van der Waals surface area contributed by atoms with E-state index in [-0.39, 0.29) is 0 Å². The lowest BCUT2D eigenvalue weighted by Crippen LogP contribution is -1.97. The van der Waals surface area contributed by atoms with Gasteiger partial charge < -0.3 is 14.2 Å². The minimum Gasteiger partial charge on any atom is -0.491 e. The van der Waals surface area contributed by atoms with E-state index in [1.807, 2.05) is 0 Å². The van der Waals surface area contributed by atoms with Crippen molar-refractivity contribution in [3.63, 3.8) is 0 Å². The summed E-state index contributed by atoms with van der Waals surface area (Å²) in [6, 6.07) is 0. The summed E-state index contributed by atoms with van der Waals surface area (Å²) >= 11 is 3.23. The van der Waals surface area contributed by atoms with Crippen molar-refractivity contribution in [1.29, 1.82) is 0 Å². The molecule has 13 heavy (non-hydrogen) atoms. The van der Waals surface area contributed by atoms with Crippen LogP contribution in [0, 0.1) is 6.20 Å². The monoisotopic (exact) mass is 246 g/mol. The first-order chi connectivity index (χ1) is 6.24. The molecule has 71 valence electrons. The molecule has 0 aliphatic carbocycles. The van der Waals surface area contributed by atoms with Crippen LogP contribution in [0.3, 0.4) is 0 Å². The van der Waals surface area contributed by atoms with Crippen LogP contribution in [-0.4, -0.2) is 26.3 Å². The second kappa shape index (κ2) is 4.32. The largest absolute Gasteiger partial charge is 0.491 e. The fourth-order valence-corrected chi connectivity index (χ4v) is 1.33. The van der Waals surface area contributed by atoms with E-state index in [2.05, 4.69) is 27.1 Å². The van der Waals surface area contributed by atoms with Gasteiger partial charge in [0.05, 0.1) is 25.8 Å². The summed E-state index contributed by atoms with van der Waals surface area (Å²) in [6.07, 6.45) is 2.68. The highest BCUT2D eigenvalue weighted by Crippen LogP contribution is 2.39. The number of halogens is 1. The number of aromatic nitrogens is 1. The topological polar surface area (TPSA) is 40.6 Å². The van der Waals surface area contributed by atoms with Gasteiger partial charge in [0.15, 0.2) is 5.75 Å². The Labute approximate surface area is 85.0 Å². The zero-order valence-corrected chi connectivity index (χ0v) is 9.14. The highest BCUT2D eigenvalue weighted by Gasteiger charge is 2.15. The molecule has 1 aromatic rings. The second-order valence-electron chi connectivity index (χ2n) is 2.11. The molecule has 0 bridgehead atoms. The molecule has 0 aliphatic rings. The Balaban J connectivity index is 3.27. The highest BCUT2D eigenvalue weighted by atomic mass is 79.9. The molecule has 5 heteroatoms. The van der Waals surface area contributed by atoms with E-state index >= 15 is 0 Å². The highest BCUT2D eigenvalue weighted by molar-refractivity contribution is 9.10. The van der Waals surface area contributed by atoms with Crippen molar-refractivity contribution in [2.24, 2.45) is 0 Å². The number of nitrogens with zero attached hydrogens (tertiary/aromatic N) is 1. The van der Waals surface area contributed by atoms with Crippen LogP contribution in [0.25, 0.3) is 0 Å². The molecule has 0 aromatic carbocycles. The minimum atomic E-state index is 0.350. The molecule has 1 rings (SSSR count). The Morgan fingerprint density at radius 3 is 2.15 bits per heavy atom. The van der Waals surface area contributed by atoms with Gasteiger partial charge in [-0.25, -0.2) is 4.98 Å². The third kappa shape index (κ3) is 1.85. The smallest absolute Gasteiger partial charge is 0.261 e.